The molecule has 1 saturated heterocycles. The number of H-pyrrole nitrogens is 1. The van der Waals surface area contributed by atoms with Crippen molar-refractivity contribution < 1.29 is 9.53 Å². The Morgan fingerprint density at radius 1 is 1.19 bits per heavy atom. The van der Waals surface area contributed by atoms with E-state index in [1.165, 1.54) is 24.3 Å². The molecule has 2 aliphatic heterocycles. The first-order valence-corrected chi connectivity index (χ1v) is 15.5. The lowest BCUT2D eigenvalue weighted by atomic mass is 10.0. The smallest absolute Gasteiger partial charge is 0.221 e. The maximum atomic E-state index is 11.4. The van der Waals surface area contributed by atoms with Crippen LogP contribution in [-0.4, -0.2) is 102 Å². The van der Waals surface area contributed by atoms with Crippen LogP contribution in [0.2, 0.25) is 0 Å². The van der Waals surface area contributed by atoms with Gasteiger partial charge in [0.2, 0.25) is 11.7 Å². The van der Waals surface area contributed by atoms with Crippen LogP contribution in [0.5, 0.6) is 5.75 Å². The molecule has 43 heavy (non-hydrogen) atoms. The standard InChI is InChI=1S/C30H42N10O2S/c1-20-17-26(37-36-20)33-28-27(42-4)29(35-30(34-28)43-25-7-5-24(6-8-25)32-21(2)41)40-12-10-22(18-23(31)19-40)9-11-39-15-13-38(3)14-16-39/h5-8,10,17,23H,9,11-16,18-19,31H2,1-4H3,(H,32,41)(H2,33,34,35,36,37). The van der Waals surface area contributed by atoms with Crippen LogP contribution in [0.3, 0.4) is 0 Å². The van der Waals surface area contributed by atoms with Crippen LogP contribution in [0.25, 0.3) is 0 Å². The summed E-state index contributed by atoms with van der Waals surface area (Å²) in [6, 6.07) is 9.47. The second kappa shape index (κ2) is 14.2. The lowest BCUT2D eigenvalue weighted by molar-refractivity contribution is -0.114. The zero-order valence-corrected chi connectivity index (χ0v) is 26.2. The molecule has 4 heterocycles. The van der Waals surface area contributed by atoms with Crippen LogP contribution in [0.15, 0.2) is 52.0 Å². The van der Waals surface area contributed by atoms with E-state index in [0.717, 1.165) is 61.8 Å². The zero-order chi connectivity index (χ0) is 30.3. The molecule has 13 heteroatoms. The molecule has 0 bridgehead atoms. The van der Waals surface area contributed by atoms with E-state index >= 15 is 0 Å². The maximum Gasteiger partial charge on any atom is 0.221 e. The molecule has 1 aromatic carbocycles. The fourth-order valence-corrected chi connectivity index (χ4v) is 6.05. The lowest BCUT2D eigenvalue weighted by Gasteiger charge is -2.32. The minimum atomic E-state index is -0.111. The molecule has 2 aliphatic rings. The zero-order valence-electron chi connectivity index (χ0n) is 25.4. The predicted molar refractivity (Wildman–Crippen MR) is 172 cm³/mol. The summed E-state index contributed by atoms with van der Waals surface area (Å²) >= 11 is 1.43. The summed E-state index contributed by atoms with van der Waals surface area (Å²) in [4.78, 5) is 29.3. The Balaban J connectivity index is 1.40. The Bertz CT molecular complexity index is 1420. The van der Waals surface area contributed by atoms with E-state index in [1.807, 2.05) is 37.3 Å². The number of aryl methyl sites for hydroxylation is 1. The van der Waals surface area contributed by atoms with Crippen LogP contribution in [-0.2, 0) is 4.79 Å². The van der Waals surface area contributed by atoms with Gasteiger partial charge in [0.15, 0.2) is 22.6 Å². The van der Waals surface area contributed by atoms with Crippen molar-refractivity contribution in [1.29, 1.82) is 0 Å². The molecular weight excluding hydrogens is 564 g/mol. The van der Waals surface area contributed by atoms with Crippen molar-refractivity contribution in [2.75, 3.05) is 75.5 Å². The Morgan fingerprint density at radius 2 is 1.95 bits per heavy atom. The molecule has 0 aliphatic carbocycles. The van der Waals surface area contributed by atoms with E-state index in [4.69, 9.17) is 20.4 Å². The van der Waals surface area contributed by atoms with Gasteiger partial charge in [-0.2, -0.15) is 5.10 Å². The van der Waals surface area contributed by atoms with Crippen LogP contribution >= 0.6 is 11.8 Å². The minimum absolute atomic E-state index is 0.0382. The second-order valence-corrected chi connectivity index (χ2v) is 12.2. The topological polar surface area (TPSA) is 141 Å². The molecular formula is C30H42N10O2S. The summed E-state index contributed by atoms with van der Waals surface area (Å²) in [5.41, 5.74) is 9.75. The number of methoxy groups -OCH3 is 1. The first-order chi connectivity index (χ1) is 20.7. The molecule has 5 N–H and O–H groups in total. The van der Waals surface area contributed by atoms with Gasteiger partial charge in [0.25, 0.3) is 0 Å². The van der Waals surface area contributed by atoms with Crippen LogP contribution in [0.4, 0.5) is 23.1 Å². The molecule has 1 unspecified atom stereocenters. The largest absolute Gasteiger partial charge is 0.490 e. The highest BCUT2D eigenvalue weighted by molar-refractivity contribution is 7.99. The highest BCUT2D eigenvalue weighted by Crippen LogP contribution is 2.39. The van der Waals surface area contributed by atoms with Gasteiger partial charge in [0.1, 0.15) is 0 Å². The summed E-state index contributed by atoms with van der Waals surface area (Å²) in [5.74, 6) is 2.26. The van der Waals surface area contributed by atoms with Gasteiger partial charge in [-0.3, -0.25) is 9.89 Å². The fourth-order valence-electron chi connectivity index (χ4n) is 5.30. The summed E-state index contributed by atoms with van der Waals surface area (Å²) in [7, 11) is 3.82. The molecule has 12 nitrogen and oxygen atoms in total. The van der Waals surface area contributed by atoms with E-state index in [9.17, 15) is 4.79 Å². The van der Waals surface area contributed by atoms with Crippen molar-refractivity contribution in [3.05, 3.63) is 47.7 Å². The normalized spacial score (nSPS) is 18.2. The van der Waals surface area contributed by atoms with Gasteiger partial charge in [0.05, 0.1) is 7.11 Å². The number of likely N-dealkylation sites (N-methyl/N-ethyl adjacent to an activating group) is 1. The van der Waals surface area contributed by atoms with Crippen LogP contribution in [0.1, 0.15) is 25.5 Å². The quantitative estimate of drug-likeness (QED) is 0.199. The number of anilines is 4. The van der Waals surface area contributed by atoms with E-state index < -0.39 is 0 Å². The maximum absolute atomic E-state index is 11.4. The molecule has 1 fully saturated rings. The van der Waals surface area contributed by atoms with Crippen molar-refractivity contribution >= 4 is 40.8 Å². The number of benzene rings is 1. The summed E-state index contributed by atoms with van der Waals surface area (Å²) < 4.78 is 5.92. The summed E-state index contributed by atoms with van der Waals surface area (Å²) in [6.07, 6.45) is 4.19. The van der Waals surface area contributed by atoms with E-state index in [0.29, 0.717) is 41.4 Å². The molecule has 0 radical (unpaired) electrons. The van der Waals surface area contributed by atoms with Crippen molar-refractivity contribution in [3.63, 3.8) is 0 Å². The number of piperazine rings is 1. The van der Waals surface area contributed by atoms with E-state index in [2.05, 4.69) is 48.7 Å². The van der Waals surface area contributed by atoms with Gasteiger partial charge < -0.3 is 35.8 Å². The lowest BCUT2D eigenvalue weighted by Crippen LogP contribution is -2.44. The average Bonchev–Trinajstić information content (AvgIpc) is 3.29. The molecule has 3 aromatic rings. The summed E-state index contributed by atoms with van der Waals surface area (Å²) in [5, 5.41) is 14.0. The number of carbonyl (C=O) groups excluding carboxylic acids is 1. The molecule has 230 valence electrons. The molecule has 0 saturated carbocycles. The second-order valence-electron chi connectivity index (χ2n) is 11.2. The van der Waals surface area contributed by atoms with Crippen molar-refractivity contribution in [2.45, 2.75) is 42.8 Å². The number of aromatic nitrogens is 4. The number of hydrogen-bond donors (Lipinski definition) is 4. The van der Waals surface area contributed by atoms with Gasteiger partial charge in [-0.1, -0.05) is 11.6 Å². The third-order valence-corrected chi connectivity index (χ3v) is 8.46. The molecule has 0 spiro atoms. The third kappa shape index (κ3) is 8.47. The Morgan fingerprint density at radius 3 is 2.63 bits per heavy atom. The van der Waals surface area contributed by atoms with Gasteiger partial charge in [-0.05, 0) is 62.8 Å². The first kappa shape index (κ1) is 30.8. The van der Waals surface area contributed by atoms with Gasteiger partial charge in [-0.25, -0.2) is 9.97 Å². The number of nitrogens with zero attached hydrogens (tertiary/aromatic N) is 6. The summed E-state index contributed by atoms with van der Waals surface area (Å²) in [6.45, 7) is 10.3. The molecule has 2 aromatic heterocycles. The first-order valence-electron chi connectivity index (χ1n) is 14.7. The van der Waals surface area contributed by atoms with E-state index in [1.54, 1.807) is 7.11 Å². The predicted octanol–water partition coefficient (Wildman–Crippen LogP) is 3.47. The molecule has 1 atom stereocenters. The van der Waals surface area contributed by atoms with Crippen LogP contribution in [0, 0.1) is 6.92 Å². The number of ether oxygens (including phenoxy) is 1. The SMILES string of the molecule is COc1c(Nc2cc(C)[nH]n2)nc(Sc2ccc(NC(C)=O)cc2)nc1N1CC=C(CCN2CCN(C)CC2)CC(N)C1. The number of carbonyl (C=O) groups is 1. The number of rotatable bonds is 10. The Kier molecular flexibility index (Phi) is 10.2. The van der Waals surface area contributed by atoms with Gasteiger partial charge >= 0.3 is 0 Å². The highest BCUT2D eigenvalue weighted by atomic mass is 32.2. The fraction of sp³-hybridized carbons (Fsp3) is 0.467. The number of aromatic amines is 1. The van der Waals surface area contributed by atoms with Gasteiger partial charge in [0, 0.05) is 81.1 Å². The number of hydrogen-bond acceptors (Lipinski definition) is 11. The number of nitrogens with one attached hydrogen (secondary N) is 3. The monoisotopic (exact) mass is 606 g/mol. The van der Waals surface area contributed by atoms with Crippen molar-refractivity contribution in [3.8, 4) is 5.75 Å². The third-order valence-electron chi connectivity index (χ3n) is 7.59. The van der Waals surface area contributed by atoms with Crippen LogP contribution < -0.4 is 26.0 Å². The molecule has 5 rings (SSSR count). The minimum Gasteiger partial charge on any atom is -0.490 e. The van der Waals surface area contributed by atoms with Crippen molar-refractivity contribution in [2.24, 2.45) is 5.73 Å². The Hall–Kier alpha value is -3.65. The Labute approximate surface area is 257 Å². The average molecular weight is 607 g/mol. The van der Waals surface area contributed by atoms with Crippen molar-refractivity contribution in [1.82, 2.24) is 30.0 Å². The van der Waals surface area contributed by atoms with E-state index in [-0.39, 0.29) is 11.9 Å². The molecule has 1 amide bonds. The number of nitrogens with two attached hydrogens (primary N) is 1. The number of amides is 1. The highest BCUT2D eigenvalue weighted by Gasteiger charge is 2.25. The van der Waals surface area contributed by atoms with Gasteiger partial charge in [-0.15, -0.1) is 0 Å².